The van der Waals surface area contributed by atoms with Gasteiger partial charge in [-0.25, -0.2) is 0 Å². The zero-order chi connectivity index (χ0) is 12.2. The maximum absolute atomic E-state index is 8.79. The first-order valence-electron chi connectivity index (χ1n) is 6.43. The van der Waals surface area contributed by atoms with Crippen molar-refractivity contribution < 1.29 is 9.84 Å². The smallest absolute Gasteiger partial charge is 0.0612 e. The van der Waals surface area contributed by atoms with Crippen LogP contribution in [-0.2, 0) is 4.74 Å². The van der Waals surface area contributed by atoms with E-state index >= 15 is 0 Å². The van der Waals surface area contributed by atoms with Crippen molar-refractivity contribution in [1.82, 2.24) is 5.32 Å². The summed E-state index contributed by atoms with van der Waals surface area (Å²) in [6, 6.07) is 0.619. The summed E-state index contributed by atoms with van der Waals surface area (Å²) >= 11 is 0. The van der Waals surface area contributed by atoms with E-state index in [2.05, 4.69) is 33.0 Å². The molecule has 1 saturated carbocycles. The van der Waals surface area contributed by atoms with Crippen LogP contribution in [0, 0.1) is 5.92 Å². The van der Waals surface area contributed by atoms with Gasteiger partial charge < -0.3 is 15.2 Å². The van der Waals surface area contributed by atoms with Crippen molar-refractivity contribution in [3.8, 4) is 0 Å². The zero-order valence-electron chi connectivity index (χ0n) is 11.1. The summed E-state index contributed by atoms with van der Waals surface area (Å²) in [7, 11) is 0. The molecule has 3 heteroatoms. The minimum absolute atomic E-state index is 0.0141. The van der Waals surface area contributed by atoms with Gasteiger partial charge in [0.15, 0.2) is 0 Å². The Bertz CT molecular complexity index is 195. The molecule has 0 heterocycles. The SMILES string of the molecule is CC(CCO)CNC1CC(OC(C)(C)C)C1. The maximum atomic E-state index is 8.79. The van der Waals surface area contributed by atoms with Gasteiger partial charge in [0.1, 0.15) is 0 Å². The summed E-state index contributed by atoms with van der Waals surface area (Å²) in [5, 5.41) is 12.3. The molecule has 0 aliphatic heterocycles. The second-order valence-electron chi connectivity index (χ2n) is 6.05. The van der Waals surface area contributed by atoms with Crippen LogP contribution in [0.1, 0.15) is 47.0 Å². The molecule has 0 radical (unpaired) electrons. The highest BCUT2D eigenvalue weighted by Gasteiger charge is 2.32. The summed E-state index contributed by atoms with van der Waals surface area (Å²) in [5.74, 6) is 0.563. The van der Waals surface area contributed by atoms with Crippen LogP contribution in [0.4, 0.5) is 0 Å². The van der Waals surface area contributed by atoms with Gasteiger partial charge in [0.05, 0.1) is 11.7 Å². The Morgan fingerprint density at radius 1 is 1.38 bits per heavy atom. The van der Waals surface area contributed by atoms with Crippen molar-refractivity contribution in [3.05, 3.63) is 0 Å². The largest absolute Gasteiger partial charge is 0.396 e. The van der Waals surface area contributed by atoms with Crippen molar-refractivity contribution in [2.24, 2.45) is 5.92 Å². The van der Waals surface area contributed by atoms with Crippen molar-refractivity contribution in [2.45, 2.75) is 64.7 Å². The van der Waals surface area contributed by atoms with Gasteiger partial charge in [-0.15, -0.1) is 0 Å². The molecule has 1 rings (SSSR count). The van der Waals surface area contributed by atoms with Crippen LogP contribution in [0.15, 0.2) is 0 Å². The lowest BCUT2D eigenvalue weighted by Gasteiger charge is -2.40. The third kappa shape index (κ3) is 5.28. The molecule has 0 amide bonds. The normalized spacial score (nSPS) is 27.6. The topological polar surface area (TPSA) is 41.5 Å². The highest BCUT2D eigenvalue weighted by Crippen LogP contribution is 2.27. The fraction of sp³-hybridized carbons (Fsp3) is 1.00. The van der Waals surface area contributed by atoms with Gasteiger partial charge in [0, 0.05) is 12.6 Å². The number of aliphatic hydroxyl groups is 1. The molecule has 0 aromatic heterocycles. The lowest BCUT2D eigenvalue weighted by Crippen LogP contribution is -2.48. The molecule has 96 valence electrons. The second kappa shape index (κ2) is 5.99. The van der Waals surface area contributed by atoms with E-state index in [9.17, 15) is 0 Å². The number of hydrogen-bond donors (Lipinski definition) is 2. The first kappa shape index (κ1) is 13.9. The molecular formula is C13H27NO2. The van der Waals surface area contributed by atoms with E-state index in [-0.39, 0.29) is 5.60 Å². The van der Waals surface area contributed by atoms with Crippen molar-refractivity contribution >= 4 is 0 Å². The lowest BCUT2D eigenvalue weighted by atomic mass is 9.88. The average molecular weight is 229 g/mol. The van der Waals surface area contributed by atoms with Gasteiger partial charge in [-0.2, -0.15) is 0 Å². The molecule has 2 N–H and O–H groups in total. The van der Waals surface area contributed by atoms with Crippen molar-refractivity contribution in [2.75, 3.05) is 13.2 Å². The fourth-order valence-corrected chi connectivity index (χ4v) is 2.02. The molecule has 16 heavy (non-hydrogen) atoms. The van der Waals surface area contributed by atoms with Crippen molar-refractivity contribution in [1.29, 1.82) is 0 Å². The van der Waals surface area contributed by atoms with Crippen LogP contribution in [-0.4, -0.2) is 36.0 Å². The Morgan fingerprint density at radius 2 is 2.00 bits per heavy atom. The van der Waals surface area contributed by atoms with Crippen LogP contribution in [0.25, 0.3) is 0 Å². The van der Waals surface area contributed by atoms with E-state index in [1.165, 1.54) is 0 Å². The van der Waals surface area contributed by atoms with Gasteiger partial charge in [-0.3, -0.25) is 0 Å². The molecule has 0 bridgehead atoms. The molecule has 0 saturated heterocycles. The summed E-state index contributed by atoms with van der Waals surface area (Å²) in [6.07, 6.45) is 3.58. The van der Waals surface area contributed by atoms with Crippen molar-refractivity contribution in [3.63, 3.8) is 0 Å². The summed E-state index contributed by atoms with van der Waals surface area (Å²) in [5.41, 5.74) is -0.0141. The van der Waals surface area contributed by atoms with Crippen LogP contribution >= 0.6 is 0 Å². The molecule has 0 aromatic rings. The number of hydrogen-bond acceptors (Lipinski definition) is 3. The van der Waals surface area contributed by atoms with Gasteiger partial charge in [0.2, 0.25) is 0 Å². The van der Waals surface area contributed by atoms with Gasteiger partial charge >= 0.3 is 0 Å². The lowest BCUT2D eigenvalue weighted by molar-refractivity contribution is -0.102. The van der Waals surface area contributed by atoms with Crippen LogP contribution in [0.3, 0.4) is 0 Å². The summed E-state index contributed by atoms with van der Waals surface area (Å²) in [6.45, 7) is 9.80. The van der Waals surface area contributed by atoms with E-state index in [4.69, 9.17) is 9.84 Å². The number of nitrogens with one attached hydrogen (secondary N) is 1. The summed E-state index contributed by atoms with van der Waals surface area (Å²) in [4.78, 5) is 0. The predicted molar refractivity (Wildman–Crippen MR) is 66.5 cm³/mol. The Hall–Kier alpha value is -0.120. The van der Waals surface area contributed by atoms with Gasteiger partial charge in [-0.1, -0.05) is 6.92 Å². The standard InChI is InChI=1S/C13H27NO2/c1-10(5-6-15)9-14-11-7-12(8-11)16-13(2,3)4/h10-12,14-15H,5-9H2,1-4H3. The van der Waals surface area contributed by atoms with E-state index in [1.807, 2.05) is 0 Å². The molecule has 0 aromatic carbocycles. The molecule has 1 fully saturated rings. The minimum atomic E-state index is -0.0141. The monoisotopic (exact) mass is 229 g/mol. The molecule has 1 aliphatic rings. The first-order valence-corrected chi connectivity index (χ1v) is 6.43. The molecule has 0 spiro atoms. The number of aliphatic hydroxyl groups excluding tert-OH is 1. The third-order valence-corrected chi connectivity index (χ3v) is 2.99. The molecule has 1 atom stereocenters. The maximum Gasteiger partial charge on any atom is 0.0612 e. The average Bonchev–Trinajstić information content (AvgIpc) is 2.07. The third-order valence-electron chi connectivity index (χ3n) is 2.99. The summed E-state index contributed by atoms with van der Waals surface area (Å²) < 4.78 is 5.88. The fourth-order valence-electron chi connectivity index (χ4n) is 2.02. The van der Waals surface area contributed by atoms with Gasteiger partial charge in [0.25, 0.3) is 0 Å². The second-order valence-corrected chi connectivity index (χ2v) is 6.05. The highest BCUT2D eigenvalue weighted by atomic mass is 16.5. The van der Waals surface area contributed by atoms with E-state index in [1.54, 1.807) is 0 Å². The van der Waals surface area contributed by atoms with E-state index in [0.717, 1.165) is 25.8 Å². The quantitative estimate of drug-likeness (QED) is 0.731. The molecule has 1 unspecified atom stereocenters. The highest BCUT2D eigenvalue weighted by molar-refractivity contribution is 4.87. The van der Waals surface area contributed by atoms with E-state index < -0.39 is 0 Å². The number of ether oxygens (including phenoxy) is 1. The van der Waals surface area contributed by atoms with E-state index in [0.29, 0.717) is 24.7 Å². The first-order chi connectivity index (χ1) is 7.40. The Kier molecular flexibility index (Phi) is 5.22. The number of rotatable bonds is 6. The molecule has 1 aliphatic carbocycles. The Morgan fingerprint density at radius 3 is 2.50 bits per heavy atom. The molecule has 3 nitrogen and oxygen atoms in total. The van der Waals surface area contributed by atoms with Gasteiger partial charge in [-0.05, 0) is 52.5 Å². The Balaban J connectivity index is 2.04. The minimum Gasteiger partial charge on any atom is -0.396 e. The Labute approximate surface area is 99.6 Å². The van der Waals surface area contributed by atoms with Crippen LogP contribution in [0.2, 0.25) is 0 Å². The van der Waals surface area contributed by atoms with Crippen LogP contribution < -0.4 is 5.32 Å². The predicted octanol–water partition coefficient (Wildman–Crippen LogP) is 1.94. The zero-order valence-corrected chi connectivity index (χ0v) is 11.1. The molecular weight excluding hydrogens is 202 g/mol. The van der Waals surface area contributed by atoms with Crippen LogP contribution in [0.5, 0.6) is 0 Å².